The van der Waals surface area contributed by atoms with Crippen LogP contribution in [0.15, 0.2) is 22.6 Å². The molecule has 0 atom stereocenters. The number of fused-ring (bicyclic) bond motifs is 1. The summed E-state index contributed by atoms with van der Waals surface area (Å²) in [6.45, 7) is 6.47. The summed E-state index contributed by atoms with van der Waals surface area (Å²) >= 11 is 0. The number of rotatable bonds is 6. The molecular weight excluding hydrogens is 473 g/mol. The van der Waals surface area contributed by atoms with Gasteiger partial charge in [0.2, 0.25) is 0 Å². The highest BCUT2D eigenvalue weighted by Crippen LogP contribution is 2.39. The van der Waals surface area contributed by atoms with E-state index in [1.165, 1.54) is 0 Å². The van der Waals surface area contributed by atoms with Crippen molar-refractivity contribution in [3.05, 3.63) is 29.3 Å². The van der Waals surface area contributed by atoms with Gasteiger partial charge in [0.25, 0.3) is 12.3 Å². The smallest absolute Gasteiger partial charge is 0.402 e. The van der Waals surface area contributed by atoms with E-state index in [-0.39, 0.29) is 24.7 Å². The van der Waals surface area contributed by atoms with Crippen LogP contribution in [0, 0.1) is 6.92 Å². The van der Waals surface area contributed by atoms with E-state index in [0.29, 0.717) is 22.3 Å². The predicted molar refractivity (Wildman–Crippen MR) is 121 cm³/mol. The summed E-state index contributed by atoms with van der Waals surface area (Å²) in [6, 6.07) is 4.57. The first-order valence-electron chi connectivity index (χ1n) is 11.0. The molecule has 0 bridgehead atoms. The standard InChI is InChI=1S/C23H26F5N5O2/c1-11-5-16(18-32-33-20(35-18)30-13-8-22(34,9-13)19(24)25)31-17-14(11)6-12(29-10-23(26,27)28)7-15(17)21(2,3)4/h5-7,13,19,29,34H,8-10H2,1-4H3,(H,30,33). The summed E-state index contributed by atoms with van der Waals surface area (Å²) in [7, 11) is 0. The van der Waals surface area contributed by atoms with Gasteiger partial charge in [0.15, 0.2) is 0 Å². The molecule has 7 nitrogen and oxygen atoms in total. The van der Waals surface area contributed by atoms with Crippen LogP contribution in [0.1, 0.15) is 44.7 Å². The summed E-state index contributed by atoms with van der Waals surface area (Å²) < 4.78 is 69.5. The Bertz CT molecular complexity index is 1230. The van der Waals surface area contributed by atoms with E-state index in [1.807, 2.05) is 27.7 Å². The van der Waals surface area contributed by atoms with E-state index >= 15 is 0 Å². The van der Waals surface area contributed by atoms with Crippen molar-refractivity contribution >= 4 is 22.6 Å². The fraction of sp³-hybridized carbons (Fsp3) is 0.522. The molecule has 12 heteroatoms. The molecule has 2 heterocycles. The zero-order chi connectivity index (χ0) is 25.8. The van der Waals surface area contributed by atoms with Gasteiger partial charge in [-0.3, -0.25) is 0 Å². The number of hydrogen-bond donors (Lipinski definition) is 3. The van der Waals surface area contributed by atoms with E-state index < -0.39 is 36.2 Å². The molecule has 0 spiro atoms. The molecule has 0 saturated heterocycles. The van der Waals surface area contributed by atoms with Crippen LogP contribution in [0.5, 0.6) is 0 Å². The molecule has 0 unspecified atom stereocenters. The van der Waals surface area contributed by atoms with Crippen LogP contribution in [0.4, 0.5) is 33.7 Å². The van der Waals surface area contributed by atoms with E-state index in [2.05, 4.69) is 25.8 Å². The van der Waals surface area contributed by atoms with Gasteiger partial charge in [-0.25, -0.2) is 13.8 Å². The molecule has 190 valence electrons. The monoisotopic (exact) mass is 499 g/mol. The molecule has 0 amide bonds. The Morgan fingerprint density at radius 1 is 1.14 bits per heavy atom. The van der Waals surface area contributed by atoms with Gasteiger partial charge < -0.3 is 20.2 Å². The molecule has 1 saturated carbocycles. The highest BCUT2D eigenvalue weighted by molar-refractivity contribution is 5.90. The molecule has 0 radical (unpaired) electrons. The fourth-order valence-electron chi connectivity index (χ4n) is 4.11. The Hall–Kier alpha value is -3.02. The number of aryl methyl sites for hydroxylation is 1. The van der Waals surface area contributed by atoms with Crippen molar-refractivity contribution < 1.29 is 31.5 Å². The lowest BCUT2D eigenvalue weighted by Crippen LogP contribution is -2.55. The summed E-state index contributed by atoms with van der Waals surface area (Å²) in [5.74, 6) is 0.0973. The molecule has 35 heavy (non-hydrogen) atoms. The third kappa shape index (κ3) is 5.31. The fourth-order valence-corrected chi connectivity index (χ4v) is 4.11. The average molecular weight is 499 g/mol. The summed E-state index contributed by atoms with van der Waals surface area (Å²) in [5.41, 5.74) is 0.358. The largest absolute Gasteiger partial charge is 0.405 e. The maximum Gasteiger partial charge on any atom is 0.405 e. The van der Waals surface area contributed by atoms with Crippen molar-refractivity contribution in [1.29, 1.82) is 0 Å². The molecule has 1 aliphatic rings. The maximum absolute atomic E-state index is 12.8. The van der Waals surface area contributed by atoms with Crippen LogP contribution < -0.4 is 10.6 Å². The van der Waals surface area contributed by atoms with Gasteiger partial charge in [-0.1, -0.05) is 25.9 Å². The Kier molecular flexibility index (Phi) is 6.15. The second-order valence-electron chi connectivity index (χ2n) is 10.0. The molecule has 1 fully saturated rings. The number of aromatic nitrogens is 3. The zero-order valence-electron chi connectivity index (χ0n) is 19.6. The minimum Gasteiger partial charge on any atom is -0.402 e. The van der Waals surface area contributed by atoms with Crippen molar-refractivity contribution in [1.82, 2.24) is 15.2 Å². The number of nitrogens with zero attached hydrogens (tertiary/aromatic N) is 3. The Morgan fingerprint density at radius 2 is 1.83 bits per heavy atom. The quantitative estimate of drug-likeness (QED) is 0.389. The van der Waals surface area contributed by atoms with Crippen LogP contribution in [0.25, 0.3) is 22.5 Å². The minimum atomic E-state index is -4.35. The van der Waals surface area contributed by atoms with Crippen molar-refractivity contribution in [2.24, 2.45) is 0 Å². The number of anilines is 2. The summed E-state index contributed by atoms with van der Waals surface area (Å²) in [6.07, 6.45) is -7.47. The molecule has 1 aliphatic carbocycles. The number of hydrogen-bond acceptors (Lipinski definition) is 7. The normalized spacial score (nSPS) is 20.8. The number of halogens is 5. The second kappa shape index (κ2) is 8.58. The molecule has 4 rings (SSSR count). The van der Waals surface area contributed by atoms with Gasteiger partial charge in [0.05, 0.1) is 5.52 Å². The molecule has 0 aliphatic heterocycles. The van der Waals surface area contributed by atoms with E-state index in [0.717, 1.165) is 11.1 Å². The summed E-state index contributed by atoms with van der Waals surface area (Å²) in [4.78, 5) is 4.68. The lowest BCUT2D eigenvalue weighted by molar-refractivity contribution is -0.148. The van der Waals surface area contributed by atoms with E-state index in [1.54, 1.807) is 18.2 Å². The number of alkyl halides is 5. The first kappa shape index (κ1) is 25.1. The Balaban J connectivity index is 1.64. The van der Waals surface area contributed by atoms with Gasteiger partial charge in [-0.05, 0) is 41.7 Å². The van der Waals surface area contributed by atoms with Gasteiger partial charge in [0, 0.05) is 30.0 Å². The Morgan fingerprint density at radius 3 is 2.43 bits per heavy atom. The van der Waals surface area contributed by atoms with Crippen LogP contribution in [-0.4, -0.2) is 51.1 Å². The van der Waals surface area contributed by atoms with E-state index in [9.17, 15) is 27.1 Å². The topological polar surface area (TPSA) is 96.1 Å². The van der Waals surface area contributed by atoms with Crippen LogP contribution in [-0.2, 0) is 5.41 Å². The Labute approximate surface area is 198 Å². The van der Waals surface area contributed by atoms with Crippen LogP contribution in [0.3, 0.4) is 0 Å². The molecule has 1 aromatic carbocycles. The molecule has 2 aromatic heterocycles. The van der Waals surface area contributed by atoms with Crippen LogP contribution >= 0.6 is 0 Å². The predicted octanol–water partition coefficient (Wildman–Crippen LogP) is 5.44. The van der Waals surface area contributed by atoms with E-state index in [4.69, 9.17) is 4.42 Å². The SMILES string of the molecule is Cc1cc(-c2nnc(NC3CC(O)(C(F)F)C3)o2)nc2c(C(C)(C)C)cc(NCC(F)(F)F)cc12. The number of aliphatic hydroxyl groups is 1. The molecule has 3 aromatic rings. The maximum atomic E-state index is 12.8. The first-order valence-corrected chi connectivity index (χ1v) is 11.0. The first-order chi connectivity index (χ1) is 16.1. The third-order valence-electron chi connectivity index (χ3n) is 6.00. The van der Waals surface area contributed by atoms with Crippen molar-refractivity contribution in [2.45, 2.75) is 70.2 Å². The highest BCUT2D eigenvalue weighted by Gasteiger charge is 2.50. The second-order valence-corrected chi connectivity index (χ2v) is 10.0. The number of nitrogens with one attached hydrogen (secondary N) is 2. The van der Waals surface area contributed by atoms with Crippen molar-refractivity contribution in [3.8, 4) is 11.6 Å². The zero-order valence-corrected chi connectivity index (χ0v) is 19.6. The van der Waals surface area contributed by atoms with Gasteiger partial charge in [0.1, 0.15) is 17.8 Å². The van der Waals surface area contributed by atoms with Gasteiger partial charge in [-0.15, -0.1) is 5.10 Å². The third-order valence-corrected chi connectivity index (χ3v) is 6.00. The van der Waals surface area contributed by atoms with Gasteiger partial charge >= 0.3 is 12.2 Å². The summed E-state index contributed by atoms with van der Waals surface area (Å²) in [5, 5.41) is 23.6. The highest BCUT2D eigenvalue weighted by atomic mass is 19.4. The molecular formula is C23H26F5N5O2. The molecule has 3 N–H and O–H groups in total. The number of benzene rings is 1. The lowest BCUT2D eigenvalue weighted by Gasteiger charge is -2.42. The minimum absolute atomic E-state index is 0.0172. The van der Waals surface area contributed by atoms with Crippen molar-refractivity contribution in [2.75, 3.05) is 17.2 Å². The lowest BCUT2D eigenvalue weighted by atomic mass is 9.76. The van der Waals surface area contributed by atoms with Crippen LogP contribution in [0.2, 0.25) is 0 Å². The number of pyridine rings is 1. The van der Waals surface area contributed by atoms with Gasteiger partial charge in [-0.2, -0.15) is 13.2 Å². The average Bonchev–Trinajstić information content (AvgIpc) is 3.18. The van der Waals surface area contributed by atoms with Crippen molar-refractivity contribution in [3.63, 3.8) is 0 Å².